The molecule has 0 bridgehead atoms. The molecule has 1 aromatic carbocycles. The largest absolute Gasteiger partial charge is 0.550 e. The average Bonchev–Trinajstić information content (AvgIpc) is 2.07. The molecule has 6 heteroatoms. The Bertz CT molecular complexity index is 391. The molecule has 0 aromatic heterocycles. The predicted molar refractivity (Wildman–Crippen MR) is 54.5 cm³/mol. The molecule has 0 unspecified atom stereocenters. The summed E-state index contributed by atoms with van der Waals surface area (Å²) >= 11 is 1.92. The second kappa shape index (κ2) is 4.36. The van der Waals surface area contributed by atoms with Gasteiger partial charge in [-0.05, 0) is 28.7 Å². The SMILES string of the molecule is O=C([O-])Cc1ccc(I)cc1[N+](=O)[O-]. The van der Waals surface area contributed by atoms with Crippen LogP contribution in [-0.4, -0.2) is 10.9 Å². The van der Waals surface area contributed by atoms with Crippen LogP contribution in [0.1, 0.15) is 5.56 Å². The Morgan fingerprint density at radius 1 is 1.50 bits per heavy atom. The van der Waals surface area contributed by atoms with Crippen molar-refractivity contribution in [3.05, 3.63) is 37.4 Å². The summed E-state index contributed by atoms with van der Waals surface area (Å²) in [6.45, 7) is 0. The third-order valence-electron chi connectivity index (χ3n) is 1.58. The molecule has 0 N–H and O–H groups in total. The molecule has 0 amide bonds. The number of carboxylic acids is 1. The Morgan fingerprint density at radius 2 is 2.14 bits per heavy atom. The molecule has 0 aliphatic rings. The van der Waals surface area contributed by atoms with Gasteiger partial charge in [-0.1, -0.05) is 6.07 Å². The monoisotopic (exact) mass is 306 g/mol. The molecular weight excluding hydrogens is 301 g/mol. The highest BCUT2D eigenvalue weighted by Crippen LogP contribution is 2.21. The number of halogens is 1. The van der Waals surface area contributed by atoms with Gasteiger partial charge in [0.1, 0.15) is 0 Å². The van der Waals surface area contributed by atoms with E-state index in [2.05, 4.69) is 0 Å². The highest BCUT2D eigenvalue weighted by atomic mass is 127. The zero-order valence-corrected chi connectivity index (χ0v) is 9.05. The van der Waals surface area contributed by atoms with Crippen molar-refractivity contribution in [2.45, 2.75) is 6.42 Å². The molecule has 14 heavy (non-hydrogen) atoms. The second-order valence-electron chi connectivity index (χ2n) is 2.58. The standard InChI is InChI=1S/C8H6INO4/c9-6-2-1-5(3-8(11)12)7(4-6)10(13)14/h1-2,4H,3H2,(H,11,12)/p-1. The molecule has 0 atom stereocenters. The first-order valence-electron chi connectivity index (χ1n) is 3.63. The zero-order chi connectivity index (χ0) is 10.7. The number of rotatable bonds is 3. The van der Waals surface area contributed by atoms with Crippen LogP contribution >= 0.6 is 22.6 Å². The molecule has 5 nitrogen and oxygen atoms in total. The molecule has 74 valence electrons. The predicted octanol–water partition coefficient (Wildman–Crippen LogP) is 0.492. The molecule has 0 saturated heterocycles. The van der Waals surface area contributed by atoms with Crippen LogP contribution in [0.15, 0.2) is 18.2 Å². The lowest BCUT2D eigenvalue weighted by Crippen LogP contribution is -2.24. The number of carbonyl (C=O) groups is 1. The van der Waals surface area contributed by atoms with Crippen LogP contribution in [0.25, 0.3) is 0 Å². The van der Waals surface area contributed by atoms with Crippen LogP contribution in [0.3, 0.4) is 0 Å². The number of nitro benzene ring substituents is 1. The van der Waals surface area contributed by atoms with E-state index in [9.17, 15) is 20.0 Å². The summed E-state index contributed by atoms with van der Waals surface area (Å²) in [5.41, 5.74) is -0.0171. The van der Waals surface area contributed by atoms with Gasteiger partial charge in [0.25, 0.3) is 5.69 Å². The van der Waals surface area contributed by atoms with Crippen LogP contribution in [0.4, 0.5) is 5.69 Å². The number of benzene rings is 1. The number of nitro groups is 1. The minimum absolute atomic E-state index is 0.162. The summed E-state index contributed by atoms with van der Waals surface area (Å²) < 4.78 is 0.691. The highest BCUT2D eigenvalue weighted by Gasteiger charge is 2.13. The first-order valence-corrected chi connectivity index (χ1v) is 4.71. The Balaban J connectivity index is 3.14. The summed E-state index contributed by atoms with van der Waals surface area (Å²) in [5, 5.41) is 20.8. The third kappa shape index (κ3) is 2.66. The number of hydrogen-bond donors (Lipinski definition) is 0. The van der Waals surface area contributed by atoms with Gasteiger partial charge >= 0.3 is 0 Å². The molecule has 1 aromatic rings. The van der Waals surface area contributed by atoms with Gasteiger partial charge < -0.3 is 9.90 Å². The number of aliphatic carboxylic acids is 1. The van der Waals surface area contributed by atoms with Gasteiger partial charge in [-0.15, -0.1) is 0 Å². The van der Waals surface area contributed by atoms with E-state index in [-0.39, 0.29) is 11.3 Å². The molecule has 0 spiro atoms. The quantitative estimate of drug-likeness (QED) is 0.462. The van der Waals surface area contributed by atoms with E-state index < -0.39 is 17.3 Å². The van der Waals surface area contributed by atoms with Crippen LogP contribution in [0, 0.1) is 13.7 Å². The fourth-order valence-electron chi connectivity index (χ4n) is 1.01. The summed E-state index contributed by atoms with van der Waals surface area (Å²) in [6, 6.07) is 4.38. The van der Waals surface area contributed by atoms with Crippen molar-refractivity contribution in [1.29, 1.82) is 0 Å². The summed E-state index contributed by atoms with van der Waals surface area (Å²) in [6.07, 6.45) is -0.437. The smallest absolute Gasteiger partial charge is 0.274 e. The van der Waals surface area contributed by atoms with Crippen molar-refractivity contribution in [2.75, 3.05) is 0 Å². The van der Waals surface area contributed by atoms with E-state index in [1.54, 1.807) is 6.07 Å². The van der Waals surface area contributed by atoms with Gasteiger partial charge in [0.15, 0.2) is 0 Å². The number of carboxylic acid groups (broad SMARTS) is 1. The molecule has 0 aliphatic carbocycles. The van der Waals surface area contributed by atoms with Gasteiger partial charge in [0.05, 0.1) is 4.92 Å². The summed E-state index contributed by atoms with van der Waals surface area (Å²) in [4.78, 5) is 20.2. The minimum atomic E-state index is -1.32. The Kier molecular flexibility index (Phi) is 3.39. The Hall–Kier alpha value is -1.18. The van der Waals surface area contributed by atoms with Gasteiger partial charge in [0.2, 0.25) is 0 Å². The van der Waals surface area contributed by atoms with Gasteiger partial charge in [-0.25, -0.2) is 0 Å². The first kappa shape index (κ1) is 10.9. The van der Waals surface area contributed by atoms with Crippen molar-refractivity contribution in [2.24, 2.45) is 0 Å². The maximum Gasteiger partial charge on any atom is 0.274 e. The zero-order valence-electron chi connectivity index (χ0n) is 6.90. The summed E-state index contributed by atoms with van der Waals surface area (Å²) in [7, 11) is 0. The normalized spacial score (nSPS) is 9.79. The number of carbonyl (C=O) groups excluding carboxylic acids is 1. The van der Waals surface area contributed by atoms with Crippen molar-refractivity contribution < 1.29 is 14.8 Å². The fourth-order valence-corrected chi connectivity index (χ4v) is 1.49. The Labute approximate surface area is 93.0 Å². The lowest BCUT2D eigenvalue weighted by Gasteiger charge is -2.03. The maximum absolute atomic E-state index is 10.5. The van der Waals surface area contributed by atoms with E-state index in [1.807, 2.05) is 22.6 Å². The van der Waals surface area contributed by atoms with Gasteiger partial charge in [-0.3, -0.25) is 10.1 Å². The summed E-state index contributed by atoms with van der Waals surface area (Å²) in [5.74, 6) is -1.32. The van der Waals surface area contributed by atoms with Crippen LogP contribution in [-0.2, 0) is 11.2 Å². The lowest BCUT2D eigenvalue weighted by molar-refractivity contribution is -0.385. The van der Waals surface area contributed by atoms with Crippen LogP contribution in [0.5, 0.6) is 0 Å². The Morgan fingerprint density at radius 3 is 2.64 bits per heavy atom. The molecule has 0 saturated carbocycles. The van der Waals surface area contributed by atoms with E-state index in [0.29, 0.717) is 3.57 Å². The highest BCUT2D eigenvalue weighted by molar-refractivity contribution is 14.1. The first-order chi connectivity index (χ1) is 6.50. The molecule has 0 aliphatic heterocycles. The maximum atomic E-state index is 10.5. The van der Waals surface area contributed by atoms with Crippen LogP contribution in [0.2, 0.25) is 0 Å². The van der Waals surface area contributed by atoms with Crippen molar-refractivity contribution in [1.82, 2.24) is 0 Å². The topological polar surface area (TPSA) is 83.3 Å². The van der Waals surface area contributed by atoms with Crippen molar-refractivity contribution in [3.63, 3.8) is 0 Å². The van der Waals surface area contributed by atoms with Gasteiger partial charge in [-0.2, -0.15) is 0 Å². The third-order valence-corrected chi connectivity index (χ3v) is 2.25. The van der Waals surface area contributed by atoms with Gasteiger partial charge in [0, 0.05) is 27.6 Å². The second-order valence-corrected chi connectivity index (χ2v) is 3.82. The molecular formula is C8H5INO4-. The average molecular weight is 306 g/mol. The van der Waals surface area contributed by atoms with Crippen LogP contribution < -0.4 is 5.11 Å². The number of hydrogen-bond acceptors (Lipinski definition) is 4. The number of nitrogens with zero attached hydrogens (tertiary/aromatic N) is 1. The lowest BCUT2D eigenvalue weighted by atomic mass is 10.1. The molecule has 1 rings (SSSR count). The molecule has 0 fully saturated rings. The van der Waals surface area contributed by atoms with Crippen molar-refractivity contribution in [3.8, 4) is 0 Å². The fraction of sp³-hybridized carbons (Fsp3) is 0.125. The molecule has 0 radical (unpaired) electrons. The van der Waals surface area contributed by atoms with E-state index in [1.165, 1.54) is 12.1 Å². The minimum Gasteiger partial charge on any atom is -0.550 e. The van der Waals surface area contributed by atoms with Crippen molar-refractivity contribution >= 4 is 34.2 Å². The van der Waals surface area contributed by atoms with E-state index in [0.717, 1.165) is 0 Å². The molecule has 0 heterocycles. The van der Waals surface area contributed by atoms with E-state index >= 15 is 0 Å². The van der Waals surface area contributed by atoms with E-state index in [4.69, 9.17) is 0 Å².